The normalized spacial score (nSPS) is 21.8. The Morgan fingerprint density at radius 3 is 2.38 bits per heavy atom. The number of epoxide rings is 1. The minimum absolute atomic E-state index is 0.0394. The minimum Gasteiger partial charge on any atom is -0.623 e. The van der Waals surface area contributed by atoms with E-state index in [1.54, 1.807) is 42.5 Å². The molecule has 2 aromatic carbocycles. The highest BCUT2D eigenvalue weighted by molar-refractivity contribution is 8.07. The Bertz CT molecular complexity index is 908. The van der Waals surface area contributed by atoms with Crippen molar-refractivity contribution >= 4 is 20.1 Å². The third-order valence-corrected chi connectivity index (χ3v) is 8.83. The van der Waals surface area contributed by atoms with E-state index in [2.05, 4.69) is 10.7 Å². The van der Waals surface area contributed by atoms with Crippen molar-refractivity contribution in [3.8, 4) is 0 Å². The molecule has 1 aliphatic heterocycles. The predicted octanol–water partition coefficient (Wildman–Crippen LogP) is 4.13. The first-order valence-corrected chi connectivity index (χ1v) is 11.7. The lowest BCUT2D eigenvalue weighted by molar-refractivity contribution is 0.378. The predicted molar refractivity (Wildman–Crippen MR) is 102 cm³/mol. The van der Waals surface area contributed by atoms with Crippen LogP contribution in [0.4, 0.5) is 0 Å². The molecule has 1 aliphatic rings. The highest BCUT2D eigenvalue weighted by atomic mass is 32.3. The number of hydrogen-bond donors (Lipinski definition) is 0. The second kappa shape index (κ2) is 7.60. The van der Waals surface area contributed by atoms with Gasteiger partial charge in [-0.25, -0.2) is 0 Å². The first kappa shape index (κ1) is 19.2. The molecule has 0 radical (unpaired) electrons. The Labute approximate surface area is 156 Å². The van der Waals surface area contributed by atoms with Gasteiger partial charge in [0.1, 0.15) is 11.0 Å². The van der Waals surface area contributed by atoms with E-state index >= 15 is 0 Å². The fourth-order valence-electron chi connectivity index (χ4n) is 2.75. The summed E-state index contributed by atoms with van der Waals surface area (Å²) < 4.78 is 48.8. The molecule has 0 aliphatic carbocycles. The molecule has 140 valence electrons. The van der Waals surface area contributed by atoms with Crippen LogP contribution in [0.1, 0.15) is 31.7 Å². The standard InChI is InChI=1S/C19H23NO4S2/c1-3-4-10-18-19(24-18)25(21,16-8-6-5-7-9-16)20-26(22,23)17-13-11-15(2)12-14-17/h5-9,11-14,18-19H,3-4,10H2,1-2H3/t18-,19-,25?/m0/s1. The van der Waals surface area contributed by atoms with Crippen LogP contribution in [-0.2, 0) is 24.9 Å². The third-order valence-electron chi connectivity index (χ3n) is 4.30. The van der Waals surface area contributed by atoms with E-state index in [1.165, 1.54) is 12.1 Å². The summed E-state index contributed by atoms with van der Waals surface area (Å²) in [5.74, 6) is 0. The zero-order valence-corrected chi connectivity index (χ0v) is 16.5. The Kier molecular flexibility index (Phi) is 5.62. The van der Waals surface area contributed by atoms with E-state index in [0.717, 1.165) is 24.8 Å². The third kappa shape index (κ3) is 4.06. The van der Waals surface area contributed by atoms with Crippen LogP contribution >= 0.6 is 0 Å². The molecular weight excluding hydrogens is 370 g/mol. The number of benzene rings is 2. The SMILES string of the molecule is CCCC[C@@H]1O[C@H]1[S+]([O-])(=NS(=O)(=O)c1ccc(C)cc1)c1ccccc1. The van der Waals surface area contributed by atoms with Crippen LogP contribution in [0.3, 0.4) is 0 Å². The van der Waals surface area contributed by atoms with Crippen molar-refractivity contribution in [2.24, 2.45) is 3.77 Å². The van der Waals surface area contributed by atoms with Crippen molar-refractivity contribution in [3.05, 3.63) is 60.2 Å². The molecule has 0 spiro atoms. The highest BCUT2D eigenvalue weighted by Crippen LogP contribution is 2.41. The van der Waals surface area contributed by atoms with Crippen LogP contribution in [0, 0.1) is 6.92 Å². The van der Waals surface area contributed by atoms with Gasteiger partial charge >= 0.3 is 10.0 Å². The van der Waals surface area contributed by atoms with E-state index in [1.807, 2.05) is 6.92 Å². The smallest absolute Gasteiger partial charge is 0.317 e. The molecule has 1 fully saturated rings. The van der Waals surface area contributed by atoms with E-state index in [0.29, 0.717) is 4.90 Å². The van der Waals surface area contributed by atoms with Crippen molar-refractivity contribution in [2.45, 2.75) is 54.4 Å². The quantitative estimate of drug-likeness (QED) is 0.523. The van der Waals surface area contributed by atoms with Gasteiger partial charge in [-0.2, -0.15) is 8.42 Å². The summed E-state index contributed by atoms with van der Waals surface area (Å²) in [6.45, 7) is 3.94. The fourth-order valence-corrected chi connectivity index (χ4v) is 7.08. The molecule has 1 saturated heterocycles. The van der Waals surface area contributed by atoms with Crippen LogP contribution in [0.15, 0.2) is 68.2 Å². The molecule has 0 saturated carbocycles. The van der Waals surface area contributed by atoms with Crippen molar-refractivity contribution in [3.63, 3.8) is 0 Å². The largest absolute Gasteiger partial charge is 0.623 e. The second-order valence-electron chi connectivity index (χ2n) is 6.43. The minimum atomic E-state index is -4.06. The maximum atomic E-state index is 13.7. The lowest BCUT2D eigenvalue weighted by Gasteiger charge is -2.19. The number of ether oxygens (including phenoxy) is 1. The Hall–Kier alpha value is -1.54. The molecule has 0 amide bonds. The van der Waals surface area contributed by atoms with Crippen LogP contribution in [0.2, 0.25) is 0 Å². The van der Waals surface area contributed by atoms with Crippen LogP contribution < -0.4 is 0 Å². The molecule has 3 atom stereocenters. The summed E-state index contributed by atoms with van der Waals surface area (Å²) in [5, 5.41) is 0. The van der Waals surface area contributed by atoms with Gasteiger partial charge in [0.15, 0.2) is 0 Å². The van der Waals surface area contributed by atoms with E-state index in [9.17, 15) is 13.0 Å². The van der Waals surface area contributed by atoms with Gasteiger partial charge in [-0.3, -0.25) is 0 Å². The molecule has 7 heteroatoms. The Morgan fingerprint density at radius 2 is 1.77 bits per heavy atom. The Balaban J connectivity index is 2.04. The second-order valence-corrected chi connectivity index (χ2v) is 10.5. The molecule has 5 nitrogen and oxygen atoms in total. The molecule has 3 rings (SSSR count). The van der Waals surface area contributed by atoms with Crippen molar-refractivity contribution in [1.29, 1.82) is 0 Å². The average molecular weight is 394 g/mol. The van der Waals surface area contributed by atoms with Crippen molar-refractivity contribution < 1.29 is 17.7 Å². The number of unbranched alkanes of at least 4 members (excludes halogenated alkanes) is 1. The van der Waals surface area contributed by atoms with E-state index < -0.39 is 25.6 Å². The molecule has 1 heterocycles. The lowest BCUT2D eigenvalue weighted by Crippen LogP contribution is -2.22. The monoisotopic (exact) mass is 393 g/mol. The number of sulfonamides is 1. The van der Waals surface area contributed by atoms with Crippen LogP contribution in [-0.4, -0.2) is 24.5 Å². The van der Waals surface area contributed by atoms with Crippen molar-refractivity contribution in [1.82, 2.24) is 0 Å². The van der Waals surface area contributed by atoms with Gasteiger partial charge in [-0.1, -0.05) is 55.7 Å². The summed E-state index contributed by atoms with van der Waals surface area (Å²) in [6, 6.07) is 14.9. The number of aryl methyl sites for hydroxylation is 1. The first-order chi connectivity index (χ1) is 12.4. The summed E-state index contributed by atoms with van der Waals surface area (Å²) in [4.78, 5) is 0.428. The maximum absolute atomic E-state index is 13.7. The summed E-state index contributed by atoms with van der Waals surface area (Å²) in [5.41, 5.74) is 0.259. The molecule has 2 aromatic rings. The van der Waals surface area contributed by atoms with Gasteiger partial charge < -0.3 is 9.29 Å². The summed E-state index contributed by atoms with van der Waals surface area (Å²) in [6.07, 6.45) is 2.48. The fraction of sp³-hybridized carbons (Fsp3) is 0.368. The average Bonchev–Trinajstić information content (AvgIpc) is 3.41. The molecule has 0 N–H and O–H groups in total. The maximum Gasteiger partial charge on any atom is 0.317 e. The van der Waals surface area contributed by atoms with E-state index in [4.69, 9.17) is 4.74 Å². The topological polar surface area (TPSA) is 82.1 Å². The molecular formula is C19H23NO4S2. The number of rotatable bonds is 7. The highest BCUT2D eigenvalue weighted by Gasteiger charge is 2.52. The van der Waals surface area contributed by atoms with Gasteiger partial charge in [-0.05, 0) is 41.4 Å². The van der Waals surface area contributed by atoms with Crippen LogP contribution in [0.5, 0.6) is 0 Å². The van der Waals surface area contributed by atoms with Crippen LogP contribution in [0.25, 0.3) is 0 Å². The van der Waals surface area contributed by atoms with Gasteiger partial charge in [-0.15, -0.1) is 0 Å². The van der Waals surface area contributed by atoms with Gasteiger partial charge in [0, 0.05) is 10.1 Å². The zero-order valence-electron chi connectivity index (χ0n) is 14.9. The summed E-state index contributed by atoms with van der Waals surface area (Å²) in [7, 11) is -7.32. The van der Waals surface area contributed by atoms with E-state index in [-0.39, 0.29) is 11.0 Å². The lowest BCUT2D eigenvalue weighted by atomic mass is 10.2. The zero-order chi connectivity index (χ0) is 18.8. The number of hydrogen-bond acceptors (Lipinski definition) is 4. The molecule has 1 unspecified atom stereocenters. The molecule has 26 heavy (non-hydrogen) atoms. The van der Waals surface area contributed by atoms with Gasteiger partial charge in [0.2, 0.25) is 5.44 Å². The Morgan fingerprint density at radius 1 is 1.12 bits per heavy atom. The molecule has 0 bridgehead atoms. The van der Waals surface area contributed by atoms with Crippen molar-refractivity contribution in [2.75, 3.05) is 0 Å². The van der Waals surface area contributed by atoms with Gasteiger partial charge in [0.25, 0.3) is 0 Å². The molecule has 0 aromatic heterocycles. The first-order valence-electron chi connectivity index (χ1n) is 8.66. The summed E-state index contributed by atoms with van der Waals surface area (Å²) >= 11 is 0. The van der Waals surface area contributed by atoms with Gasteiger partial charge in [0.05, 0.1) is 4.90 Å². The number of nitrogens with zero attached hydrogens (tertiary/aromatic N) is 1.